The lowest BCUT2D eigenvalue weighted by atomic mass is 10.1. The van der Waals surface area contributed by atoms with Crippen molar-refractivity contribution in [3.63, 3.8) is 0 Å². The number of nitrogens with zero attached hydrogens (tertiary/aromatic N) is 1. The molecular formula is C15H15FN2O3. The molecule has 110 valence electrons. The van der Waals surface area contributed by atoms with Crippen molar-refractivity contribution in [2.24, 2.45) is 0 Å². The van der Waals surface area contributed by atoms with E-state index in [9.17, 15) is 14.5 Å². The Balaban J connectivity index is 2.02. The minimum atomic E-state index is -0.666. The average Bonchev–Trinajstić information content (AvgIpc) is 2.44. The minimum absolute atomic E-state index is 0.0879. The van der Waals surface area contributed by atoms with E-state index in [1.807, 2.05) is 6.07 Å². The van der Waals surface area contributed by atoms with Gasteiger partial charge in [-0.05, 0) is 30.2 Å². The van der Waals surface area contributed by atoms with Gasteiger partial charge >= 0.3 is 0 Å². The van der Waals surface area contributed by atoms with E-state index in [1.165, 1.54) is 18.2 Å². The molecule has 0 saturated carbocycles. The fraction of sp³-hybridized carbons (Fsp3) is 0.200. The Bertz CT molecular complexity index is 674. The second kappa shape index (κ2) is 6.32. The van der Waals surface area contributed by atoms with Crippen LogP contribution in [0, 0.1) is 22.9 Å². The molecule has 2 aromatic rings. The van der Waals surface area contributed by atoms with Gasteiger partial charge in [-0.15, -0.1) is 0 Å². The van der Waals surface area contributed by atoms with Crippen molar-refractivity contribution in [2.75, 3.05) is 0 Å². The van der Waals surface area contributed by atoms with Crippen molar-refractivity contribution in [3.05, 3.63) is 69.0 Å². The van der Waals surface area contributed by atoms with Gasteiger partial charge in [0.25, 0.3) is 5.69 Å². The minimum Gasteiger partial charge on any atom is -0.505 e. The van der Waals surface area contributed by atoms with Crippen molar-refractivity contribution < 1.29 is 14.4 Å². The van der Waals surface area contributed by atoms with Crippen LogP contribution in [0.5, 0.6) is 5.75 Å². The van der Waals surface area contributed by atoms with Gasteiger partial charge in [-0.2, -0.15) is 0 Å². The number of nitro groups is 1. The summed E-state index contributed by atoms with van der Waals surface area (Å²) in [6.45, 7) is 2.55. The molecular weight excluding hydrogens is 275 g/mol. The largest absolute Gasteiger partial charge is 0.505 e. The topological polar surface area (TPSA) is 75.4 Å². The highest BCUT2D eigenvalue weighted by Crippen LogP contribution is 2.21. The quantitative estimate of drug-likeness (QED) is 0.655. The third-order valence-electron chi connectivity index (χ3n) is 3.27. The molecule has 0 atom stereocenters. The normalized spacial score (nSPS) is 10.6. The molecule has 0 spiro atoms. The van der Waals surface area contributed by atoms with Crippen molar-refractivity contribution in [1.29, 1.82) is 0 Å². The Morgan fingerprint density at radius 1 is 1.29 bits per heavy atom. The molecule has 2 N–H and O–H groups in total. The molecule has 2 rings (SSSR count). The first-order valence-electron chi connectivity index (χ1n) is 6.40. The molecule has 0 bridgehead atoms. The maximum absolute atomic E-state index is 13.2. The molecule has 2 aromatic carbocycles. The smallest absolute Gasteiger partial charge is 0.272 e. The molecule has 0 aliphatic carbocycles. The van der Waals surface area contributed by atoms with Crippen molar-refractivity contribution in [3.8, 4) is 5.75 Å². The van der Waals surface area contributed by atoms with Crippen LogP contribution in [-0.2, 0) is 13.1 Å². The van der Waals surface area contributed by atoms with Gasteiger partial charge in [0.1, 0.15) is 0 Å². The van der Waals surface area contributed by atoms with E-state index in [-0.39, 0.29) is 11.4 Å². The summed E-state index contributed by atoms with van der Waals surface area (Å²) in [5.41, 5.74) is 2.22. The standard InChI is InChI=1S/C15H15FN2O3/c1-10-12(3-2-4-14(10)18(20)21)9-17-8-11-5-6-15(19)13(16)7-11/h2-7,17,19H,8-9H2,1H3. The fourth-order valence-corrected chi connectivity index (χ4v) is 2.06. The number of phenols is 1. The van der Waals surface area contributed by atoms with Crippen LogP contribution in [0.3, 0.4) is 0 Å². The molecule has 0 saturated heterocycles. The van der Waals surface area contributed by atoms with Gasteiger partial charge in [-0.25, -0.2) is 4.39 Å². The first-order chi connectivity index (χ1) is 9.99. The van der Waals surface area contributed by atoms with Crippen molar-refractivity contribution in [1.82, 2.24) is 5.32 Å². The van der Waals surface area contributed by atoms with Crippen LogP contribution in [0.1, 0.15) is 16.7 Å². The van der Waals surface area contributed by atoms with Gasteiger partial charge in [0.15, 0.2) is 11.6 Å². The highest BCUT2D eigenvalue weighted by molar-refractivity contribution is 5.44. The number of nitro benzene ring substituents is 1. The Labute approximate surface area is 121 Å². The monoisotopic (exact) mass is 290 g/mol. The first kappa shape index (κ1) is 14.9. The summed E-state index contributed by atoms with van der Waals surface area (Å²) < 4.78 is 13.2. The van der Waals surface area contributed by atoms with E-state index >= 15 is 0 Å². The predicted octanol–water partition coefficient (Wildman–Crippen LogP) is 3.04. The number of hydrogen-bond donors (Lipinski definition) is 2. The lowest BCUT2D eigenvalue weighted by Crippen LogP contribution is -2.14. The molecule has 0 aliphatic heterocycles. The second-order valence-electron chi connectivity index (χ2n) is 4.71. The van der Waals surface area contributed by atoms with Crippen molar-refractivity contribution >= 4 is 5.69 Å². The first-order valence-corrected chi connectivity index (χ1v) is 6.40. The van der Waals surface area contributed by atoms with Crippen LogP contribution < -0.4 is 5.32 Å². The van der Waals surface area contributed by atoms with Gasteiger partial charge in [0.2, 0.25) is 0 Å². The Morgan fingerprint density at radius 3 is 2.71 bits per heavy atom. The van der Waals surface area contributed by atoms with E-state index < -0.39 is 10.7 Å². The number of halogens is 1. The summed E-state index contributed by atoms with van der Waals surface area (Å²) in [4.78, 5) is 10.4. The zero-order valence-corrected chi connectivity index (χ0v) is 11.5. The van der Waals surface area contributed by atoms with Crippen LogP contribution in [0.2, 0.25) is 0 Å². The predicted molar refractivity (Wildman–Crippen MR) is 76.4 cm³/mol. The molecule has 0 amide bonds. The number of hydrogen-bond acceptors (Lipinski definition) is 4. The third kappa shape index (κ3) is 3.55. The van der Waals surface area contributed by atoms with Crippen LogP contribution in [0.15, 0.2) is 36.4 Å². The Hall–Kier alpha value is -2.47. The third-order valence-corrected chi connectivity index (χ3v) is 3.27. The summed E-state index contributed by atoms with van der Waals surface area (Å²) in [5.74, 6) is -1.05. The molecule has 0 heterocycles. The lowest BCUT2D eigenvalue weighted by Gasteiger charge is -2.08. The van der Waals surface area contributed by atoms with Crippen LogP contribution in [-0.4, -0.2) is 10.0 Å². The summed E-state index contributed by atoms with van der Waals surface area (Å²) in [6.07, 6.45) is 0. The van der Waals surface area contributed by atoms with Crippen molar-refractivity contribution in [2.45, 2.75) is 20.0 Å². The molecule has 0 fully saturated rings. The van der Waals surface area contributed by atoms with E-state index in [4.69, 9.17) is 5.11 Å². The summed E-state index contributed by atoms with van der Waals surface area (Å²) in [6, 6.07) is 9.09. The van der Waals surface area contributed by atoms with E-state index in [0.29, 0.717) is 24.2 Å². The molecule has 21 heavy (non-hydrogen) atoms. The number of rotatable bonds is 5. The molecule has 0 aromatic heterocycles. The van der Waals surface area contributed by atoms with Gasteiger partial charge in [0, 0.05) is 24.7 Å². The SMILES string of the molecule is Cc1c(CNCc2ccc(O)c(F)c2)cccc1[N+](=O)[O-]. The number of phenolic OH excluding ortho intramolecular Hbond substituents is 1. The van der Waals surface area contributed by atoms with E-state index in [0.717, 1.165) is 5.56 Å². The van der Waals surface area contributed by atoms with Crippen LogP contribution in [0.25, 0.3) is 0 Å². The molecule has 0 radical (unpaired) electrons. The summed E-state index contributed by atoms with van der Waals surface area (Å²) in [5, 5.41) is 23.1. The molecule has 6 heteroatoms. The fourth-order valence-electron chi connectivity index (χ4n) is 2.06. The lowest BCUT2D eigenvalue weighted by molar-refractivity contribution is -0.385. The highest BCUT2D eigenvalue weighted by atomic mass is 19.1. The van der Waals surface area contributed by atoms with Gasteiger partial charge in [-0.1, -0.05) is 18.2 Å². The number of nitrogens with one attached hydrogen (secondary N) is 1. The zero-order chi connectivity index (χ0) is 15.4. The Morgan fingerprint density at radius 2 is 2.05 bits per heavy atom. The van der Waals surface area contributed by atoms with Gasteiger partial charge < -0.3 is 10.4 Å². The summed E-state index contributed by atoms with van der Waals surface area (Å²) >= 11 is 0. The number of aromatic hydroxyl groups is 1. The maximum atomic E-state index is 13.2. The number of benzene rings is 2. The Kier molecular flexibility index (Phi) is 4.49. The second-order valence-corrected chi connectivity index (χ2v) is 4.71. The van der Waals surface area contributed by atoms with Gasteiger partial charge in [0.05, 0.1) is 4.92 Å². The van der Waals surface area contributed by atoms with Crippen LogP contribution in [0.4, 0.5) is 10.1 Å². The molecule has 0 aliphatic rings. The molecule has 5 nitrogen and oxygen atoms in total. The average molecular weight is 290 g/mol. The zero-order valence-electron chi connectivity index (χ0n) is 11.5. The summed E-state index contributed by atoms with van der Waals surface area (Å²) in [7, 11) is 0. The van der Waals surface area contributed by atoms with Gasteiger partial charge in [-0.3, -0.25) is 10.1 Å². The van der Waals surface area contributed by atoms with Crippen LogP contribution >= 0.6 is 0 Å². The van der Waals surface area contributed by atoms with E-state index in [1.54, 1.807) is 19.1 Å². The van der Waals surface area contributed by atoms with E-state index in [2.05, 4.69) is 5.32 Å². The molecule has 0 unspecified atom stereocenters. The highest BCUT2D eigenvalue weighted by Gasteiger charge is 2.12. The maximum Gasteiger partial charge on any atom is 0.272 e.